The van der Waals surface area contributed by atoms with E-state index in [1.807, 2.05) is 0 Å². The average Bonchev–Trinajstić information content (AvgIpc) is 1.65. The van der Waals surface area contributed by atoms with Crippen molar-refractivity contribution in [3.63, 3.8) is 0 Å². The number of hydrogen-bond acceptors (Lipinski definition) is 4. The van der Waals surface area contributed by atoms with Crippen molar-refractivity contribution in [2.45, 2.75) is 19.8 Å². The third-order valence-electron chi connectivity index (χ3n) is 0.526. The minimum atomic E-state index is -1.97. The molecule has 9 heavy (non-hydrogen) atoms. The van der Waals surface area contributed by atoms with E-state index in [2.05, 4.69) is 4.74 Å². The Labute approximate surface area is 75.1 Å². The summed E-state index contributed by atoms with van der Waals surface area (Å²) >= 11 is 0. The number of carbonyl (C=O) groups excluding carboxylic acids is 1. The van der Waals surface area contributed by atoms with E-state index in [9.17, 15) is 4.79 Å². The number of ether oxygens (including phenoxy) is 1. The number of esters is 1. The fourth-order valence-electron chi connectivity index (χ4n) is 0.201. The first-order chi connectivity index (χ1) is 3.66. The molecule has 0 aliphatic rings. The zero-order valence-corrected chi connectivity index (χ0v) is 4.50. The molecule has 0 aliphatic heterocycles. The predicted octanol–water partition coefficient (Wildman–Crippen LogP) is -1.44. The Kier molecular flexibility index (Phi) is 8.75. The number of aliphatic hydroxyl groups is 2. The molecular weight excluding hydrogens is 135 g/mol. The minimum absolute atomic E-state index is 0. The van der Waals surface area contributed by atoms with Gasteiger partial charge in [-0.15, -0.1) is 0 Å². The van der Waals surface area contributed by atoms with E-state index in [0.717, 1.165) is 0 Å². The van der Waals surface area contributed by atoms with E-state index >= 15 is 0 Å². The van der Waals surface area contributed by atoms with Gasteiger partial charge in [-0.05, 0) is 0 Å². The Morgan fingerprint density at radius 1 is 1.67 bits per heavy atom. The van der Waals surface area contributed by atoms with Crippen LogP contribution >= 0.6 is 0 Å². The normalized spacial score (nSPS) is 8.44. The molecule has 0 aromatic heterocycles. The van der Waals surface area contributed by atoms with Gasteiger partial charge < -0.3 is 14.9 Å². The summed E-state index contributed by atoms with van der Waals surface area (Å²) in [6.07, 6.45) is 0.150. The number of rotatable bonds is 2. The molecule has 0 aromatic rings. The molecule has 0 heterocycles. The number of hydrogen-bond donors (Lipinski definition) is 2. The standard InChI is InChI=1S/C4H8O4.Na.H/c1-2-3(5)8-4(6)7;;/h4,6-7H,2H2,1H3;;. The van der Waals surface area contributed by atoms with Crippen molar-refractivity contribution in [2.75, 3.05) is 0 Å². The van der Waals surface area contributed by atoms with Crippen molar-refractivity contribution in [3.8, 4) is 0 Å². The zero-order chi connectivity index (χ0) is 6.57. The van der Waals surface area contributed by atoms with Gasteiger partial charge in [0.05, 0.1) is 0 Å². The van der Waals surface area contributed by atoms with E-state index in [0.29, 0.717) is 0 Å². The summed E-state index contributed by atoms with van der Waals surface area (Å²) < 4.78 is 3.87. The third-order valence-corrected chi connectivity index (χ3v) is 0.526. The van der Waals surface area contributed by atoms with Crippen LogP contribution in [0.2, 0.25) is 0 Å². The number of carbonyl (C=O) groups is 1. The Balaban J connectivity index is 0. The Morgan fingerprint density at radius 3 is 2.22 bits per heavy atom. The summed E-state index contributed by atoms with van der Waals surface area (Å²) in [5, 5.41) is 15.9. The first-order valence-electron chi connectivity index (χ1n) is 2.22. The van der Waals surface area contributed by atoms with Crippen molar-refractivity contribution in [1.82, 2.24) is 0 Å². The topological polar surface area (TPSA) is 66.8 Å². The SMILES string of the molecule is CCC(=O)OC(O)O.[NaH]. The molecule has 0 atom stereocenters. The van der Waals surface area contributed by atoms with Gasteiger partial charge in [-0.1, -0.05) is 6.92 Å². The van der Waals surface area contributed by atoms with Gasteiger partial charge >= 0.3 is 42.0 Å². The molecular formula is C4H9NaO4. The van der Waals surface area contributed by atoms with Crippen LogP contribution in [0, 0.1) is 0 Å². The van der Waals surface area contributed by atoms with Gasteiger partial charge in [-0.3, -0.25) is 4.79 Å². The van der Waals surface area contributed by atoms with Crippen molar-refractivity contribution in [1.29, 1.82) is 0 Å². The fraction of sp³-hybridized carbons (Fsp3) is 0.750. The van der Waals surface area contributed by atoms with E-state index in [1.165, 1.54) is 0 Å². The molecule has 0 saturated carbocycles. The summed E-state index contributed by atoms with van der Waals surface area (Å²) in [5.41, 5.74) is 0. The van der Waals surface area contributed by atoms with Gasteiger partial charge in [-0.25, -0.2) is 0 Å². The molecule has 0 unspecified atom stereocenters. The van der Waals surface area contributed by atoms with Crippen LogP contribution in [0.4, 0.5) is 0 Å². The Bertz CT molecular complexity index is 82.6. The first kappa shape index (κ1) is 12.1. The molecule has 0 amide bonds. The van der Waals surface area contributed by atoms with Gasteiger partial charge in [0, 0.05) is 6.42 Å². The van der Waals surface area contributed by atoms with Gasteiger partial charge in [0.2, 0.25) is 0 Å². The van der Waals surface area contributed by atoms with Crippen molar-refractivity contribution < 1.29 is 19.7 Å². The Hall–Kier alpha value is 0.390. The van der Waals surface area contributed by atoms with Crippen molar-refractivity contribution >= 4 is 35.5 Å². The molecule has 0 saturated heterocycles. The molecule has 0 spiro atoms. The second-order valence-corrected chi connectivity index (χ2v) is 1.17. The van der Waals surface area contributed by atoms with Crippen LogP contribution in [0.3, 0.4) is 0 Å². The monoisotopic (exact) mass is 144 g/mol. The maximum absolute atomic E-state index is 10.1. The second-order valence-electron chi connectivity index (χ2n) is 1.17. The second kappa shape index (κ2) is 6.51. The number of aliphatic hydroxyl groups excluding tert-OH is 1. The molecule has 0 radical (unpaired) electrons. The maximum atomic E-state index is 10.1. The molecule has 0 aliphatic carbocycles. The average molecular weight is 144 g/mol. The molecule has 0 fully saturated rings. The molecule has 5 heteroatoms. The van der Waals surface area contributed by atoms with E-state index in [-0.39, 0.29) is 36.0 Å². The summed E-state index contributed by atoms with van der Waals surface area (Å²) in [6.45, 7) is -0.410. The molecule has 4 nitrogen and oxygen atoms in total. The summed E-state index contributed by atoms with van der Waals surface area (Å²) in [5.74, 6) is -0.625. The van der Waals surface area contributed by atoms with Gasteiger partial charge in [0.1, 0.15) is 0 Å². The van der Waals surface area contributed by atoms with Gasteiger partial charge in [0.25, 0.3) is 0 Å². The molecule has 0 bridgehead atoms. The summed E-state index contributed by atoms with van der Waals surface area (Å²) in [6, 6.07) is 0. The van der Waals surface area contributed by atoms with Crippen LogP contribution < -0.4 is 0 Å². The third kappa shape index (κ3) is 8.39. The predicted molar refractivity (Wildman–Crippen MR) is 31.8 cm³/mol. The molecule has 50 valence electrons. The van der Waals surface area contributed by atoms with E-state index in [1.54, 1.807) is 6.92 Å². The molecule has 0 rings (SSSR count). The molecule has 0 aromatic carbocycles. The molecule has 2 N–H and O–H groups in total. The van der Waals surface area contributed by atoms with Crippen LogP contribution in [0.15, 0.2) is 0 Å². The fourth-order valence-corrected chi connectivity index (χ4v) is 0.201. The van der Waals surface area contributed by atoms with Crippen molar-refractivity contribution in [2.24, 2.45) is 0 Å². The Morgan fingerprint density at radius 2 is 2.11 bits per heavy atom. The van der Waals surface area contributed by atoms with Gasteiger partial charge in [-0.2, -0.15) is 0 Å². The summed E-state index contributed by atoms with van der Waals surface area (Å²) in [7, 11) is 0. The first-order valence-corrected chi connectivity index (χ1v) is 2.22. The van der Waals surface area contributed by atoms with Gasteiger partial charge in [0.15, 0.2) is 0 Å². The van der Waals surface area contributed by atoms with Crippen LogP contribution in [-0.2, 0) is 9.53 Å². The quantitative estimate of drug-likeness (QED) is 0.283. The van der Waals surface area contributed by atoms with Crippen LogP contribution in [0.25, 0.3) is 0 Å². The van der Waals surface area contributed by atoms with Crippen LogP contribution in [0.1, 0.15) is 13.3 Å². The van der Waals surface area contributed by atoms with Crippen molar-refractivity contribution in [3.05, 3.63) is 0 Å². The summed E-state index contributed by atoms with van der Waals surface area (Å²) in [4.78, 5) is 10.1. The zero-order valence-electron chi connectivity index (χ0n) is 4.50. The van der Waals surface area contributed by atoms with Crippen LogP contribution in [-0.4, -0.2) is 52.2 Å². The van der Waals surface area contributed by atoms with E-state index < -0.39 is 12.4 Å². The van der Waals surface area contributed by atoms with Crippen LogP contribution in [0.5, 0.6) is 0 Å². The van der Waals surface area contributed by atoms with E-state index in [4.69, 9.17) is 10.2 Å².